The maximum Gasteiger partial charge on any atom is 0.319 e. The van der Waals surface area contributed by atoms with Crippen molar-refractivity contribution in [3.63, 3.8) is 0 Å². The summed E-state index contributed by atoms with van der Waals surface area (Å²) in [7, 11) is 0. The van der Waals surface area contributed by atoms with Crippen molar-refractivity contribution in [2.75, 3.05) is 5.32 Å². The number of rotatable bonds is 4. The average molecular weight is 299 g/mol. The Bertz CT molecular complexity index is 692. The van der Waals surface area contributed by atoms with Gasteiger partial charge in [0.25, 0.3) is 0 Å². The maximum atomic E-state index is 11.8. The number of nitrogens with one attached hydrogen (secondary N) is 2. The molecule has 0 saturated carbocycles. The molecule has 0 atom stereocenters. The fourth-order valence-corrected chi connectivity index (χ4v) is 2.41. The lowest BCUT2D eigenvalue weighted by molar-refractivity contribution is 0.252. The van der Waals surface area contributed by atoms with E-state index in [0.717, 1.165) is 10.7 Å². The lowest BCUT2D eigenvalue weighted by atomic mass is 10.4. The number of pyridine rings is 1. The molecule has 0 aromatic carbocycles. The Hall–Kier alpha value is -2.67. The number of hydrogen-bond acceptors (Lipinski definition) is 4. The van der Waals surface area contributed by atoms with Crippen LogP contribution in [0.4, 0.5) is 10.5 Å². The van der Waals surface area contributed by atoms with Crippen molar-refractivity contribution in [3.8, 4) is 5.82 Å². The van der Waals surface area contributed by atoms with Crippen molar-refractivity contribution in [3.05, 3.63) is 59.4 Å². The lowest BCUT2D eigenvalue weighted by Crippen LogP contribution is -2.27. The number of carbonyl (C=O) groups is 1. The van der Waals surface area contributed by atoms with E-state index in [-0.39, 0.29) is 6.03 Å². The highest BCUT2D eigenvalue weighted by molar-refractivity contribution is 7.09. The number of nitrogens with zero attached hydrogens (tertiary/aromatic N) is 3. The van der Waals surface area contributed by atoms with Crippen molar-refractivity contribution in [2.24, 2.45) is 0 Å². The predicted octanol–water partition coefficient (Wildman–Crippen LogP) is 2.65. The van der Waals surface area contributed by atoms with Gasteiger partial charge in [0.05, 0.1) is 18.4 Å². The molecule has 0 unspecified atom stereocenters. The summed E-state index contributed by atoms with van der Waals surface area (Å²) in [5.41, 5.74) is 0.641. The van der Waals surface area contributed by atoms with E-state index in [1.807, 2.05) is 29.8 Å². The second-order valence-electron chi connectivity index (χ2n) is 4.26. The molecule has 0 spiro atoms. The number of anilines is 1. The highest BCUT2D eigenvalue weighted by atomic mass is 32.1. The number of amides is 2. The molecule has 0 fully saturated rings. The molecule has 7 heteroatoms. The van der Waals surface area contributed by atoms with E-state index >= 15 is 0 Å². The highest BCUT2D eigenvalue weighted by Crippen LogP contribution is 2.10. The van der Waals surface area contributed by atoms with Crippen molar-refractivity contribution < 1.29 is 4.79 Å². The second kappa shape index (κ2) is 6.19. The summed E-state index contributed by atoms with van der Waals surface area (Å²) in [6.07, 6.45) is 6.78. The van der Waals surface area contributed by atoms with Crippen LogP contribution in [0.5, 0.6) is 0 Å². The van der Waals surface area contributed by atoms with Gasteiger partial charge in [-0.25, -0.2) is 14.8 Å². The van der Waals surface area contributed by atoms with Gasteiger partial charge in [0.15, 0.2) is 0 Å². The Labute approximate surface area is 125 Å². The normalized spacial score (nSPS) is 10.3. The largest absolute Gasteiger partial charge is 0.333 e. The number of urea groups is 1. The van der Waals surface area contributed by atoms with Gasteiger partial charge in [-0.05, 0) is 23.6 Å². The van der Waals surface area contributed by atoms with Gasteiger partial charge in [0.2, 0.25) is 0 Å². The quantitative estimate of drug-likeness (QED) is 0.778. The van der Waals surface area contributed by atoms with Gasteiger partial charge < -0.3 is 10.6 Å². The fraction of sp³-hybridized carbons (Fsp3) is 0.0714. The Kier molecular flexibility index (Phi) is 3.92. The summed E-state index contributed by atoms with van der Waals surface area (Å²) in [5, 5.41) is 7.52. The molecular formula is C14H13N5OS. The zero-order valence-electron chi connectivity index (χ0n) is 11.1. The zero-order chi connectivity index (χ0) is 14.5. The van der Waals surface area contributed by atoms with Crippen molar-refractivity contribution in [1.29, 1.82) is 0 Å². The van der Waals surface area contributed by atoms with Crippen LogP contribution in [0, 0.1) is 0 Å². The first-order valence-corrected chi connectivity index (χ1v) is 7.21. The number of carbonyl (C=O) groups excluding carboxylic acids is 1. The summed E-state index contributed by atoms with van der Waals surface area (Å²) in [6, 6.07) is 7.30. The minimum atomic E-state index is -0.249. The number of hydrogen-bond donors (Lipinski definition) is 2. The van der Waals surface area contributed by atoms with Crippen LogP contribution in [0.15, 0.2) is 54.6 Å². The van der Waals surface area contributed by atoms with Crippen LogP contribution in [0.1, 0.15) is 4.88 Å². The molecule has 0 bridgehead atoms. The summed E-state index contributed by atoms with van der Waals surface area (Å²) >= 11 is 1.61. The summed E-state index contributed by atoms with van der Waals surface area (Å²) in [6.45, 7) is 0.518. The molecule has 3 rings (SSSR count). The minimum absolute atomic E-state index is 0.249. The Morgan fingerprint density at radius 1 is 1.33 bits per heavy atom. The van der Waals surface area contributed by atoms with Gasteiger partial charge in [0, 0.05) is 17.3 Å². The van der Waals surface area contributed by atoms with Crippen LogP contribution in [0.2, 0.25) is 0 Å². The molecule has 106 valence electrons. The van der Waals surface area contributed by atoms with Gasteiger partial charge in [-0.15, -0.1) is 11.3 Å². The van der Waals surface area contributed by atoms with Crippen LogP contribution < -0.4 is 10.6 Å². The topological polar surface area (TPSA) is 71.8 Å². The summed E-state index contributed by atoms with van der Waals surface area (Å²) in [5.74, 6) is 0.747. The maximum absolute atomic E-state index is 11.8. The molecule has 0 aliphatic rings. The number of thiophene rings is 1. The van der Waals surface area contributed by atoms with Crippen molar-refractivity contribution in [2.45, 2.75) is 6.54 Å². The highest BCUT2D eigenvalue weighted by Gasteiger charge is 2.03. The van der Waals surface area contributed by atoms with E-state index in [4.69, 9.17) is 0 Å². The number of imidazole rings is 1. The molecule has 3 aromatic heterocycles. The second-order valence-corrected chi connectivity index (χ2v) is 5.29. The first-order chi connectivity index (χ1) is 10.3. The molecule has 3 aromatic rings. The van der Waals surface area contributed by atoms with Gasteiger partial charge in [-0.3, -0.25) is 4.57 Å². The molecule has 3 heterocycles. The minimum Gasteiger partial charge on any atom is -0.333 e. The summed E-state index contributed by atoms with van der Waals surface area (Å²) < 4.78 is 1.79. The third-order valence-corrected chi connectivity index (χ3v) is 3.65. The van der Waals surface area contributed by atoms with E-state index < -0.39 is 0 Å². The van der Waals surface area contributed by atoms with Gasteiger partial charge in [-0.2, -0.15) is 0 Å². The summed E-state index contributed by atoms with van der Waals surface area (Å²) in [4.78, 5) is 21.1. The van der Waals surface area contributed by atoms with Crippen LogP contribution in [-0.2, 0) is 6.54 Å². The average Bonchev–Trinajstić information content (AvgIpc) is 3.19. The first-order valence-electron chi connectivity index (χ1n) is 6.33. The van der Waals surface area contributed by atoms with Gasteiger partial charge in [0.1, 0.15) is 12.1 Å². The Morgan fingerprint density at radius 3 is 2.95 bits per heavy atom. The molecule has 21 heavy (non-hydrogen) atoms. The lowest BCUT2D eigenvalue weighted by Gasteiger charge is -2.07. The molecule has 6 nitrogen and oxygen atoms in total. The van der Waals surface area contributed by atoms with Crippen LogP contribution in [-0.4, -0.2) is 20.6 Å². The zero-order valence-corrected chi connectivity index (χ0v) is 11.9. The third-order valence-electron chi connectivity index (χ3n) is 2.78. The van der Waals surface area contributed by atoms with Crippen LogP contribution in [0.3, 0.4) is 0 Å². The molecule has 0 aliphatic carbocycles. The van der Waals surface area contributed by atoms with Gasteiger partial charge >= 0.3 is 6.03 Å². The van der Waals surface area contributed by atoms with Crippen molar-refractivity contribution >= 4 is 23.1 Å². The Morgan fingerprint density at radius 2 is 2.29 bits per heavy atom. The standard InChI is InChI=1S/C14H13N5OS/c20-14(17-9-12-2-1-7-21-12)18-11-3-4-13(16-8-11)19-6-5-15-10-19/h1-8,10H,9H2,(H2,17,18,20). The van der Waals surface area contributed by atoms with Crippen LogP contribution in [0.25, 0.3) is 5.82 Å². The smallest absolute Gasteiger partial charge is 0.319 e. The van der Waals surface area contributed by atoms with E-state index in [0.29, 0.717) is 12.2 Å². The Balaban J connectivity index is 1.56. The van der Waals surface area contributed by atoms with Crippen LogP contribution >= 0.6 is 11.3 Å². The monoisotopic (exact) mass is 299 g/mol. The first kappa shape index (κ1) is 13.3. The molecule has 2 amide bonds. The predicted molar refractivity (Wildman–Crippen MR) is 81.5 cm³/mol. The molecule has 0 radical (unpaired) electrons. The molecule has 0 saturated heterocycles. The molecule has 0 aliphatic heterocycles. The molecule has 2 N–H and O–H groups in total. The number of aromatic nitrogens is 3. The van der Waals surface area contributed by atoms with Crippen molar-refractivity contribution in [1.82, 2.24) is 19.9 Å². The van der Waals surface area contributed by atoms with Gasteiger partial charge in [-0.1, -0.05) is 6.07 Å². The van der Waals surface area contributed by atoms with E-state index in [1.54, 1.807) is 40.7 Å². The third kappa shape index (κ3) is 3.46. The molecular weight excluding hydrogens is 286 g/mol. The van der Waals surface area contributed by atoms with E-state index in [2.05, 4.69) is 20.6 Å². The van der Waals surface area contributed by atoms with E-state index in [1.165, 1.54) is 0 Å². The van der Waals surface area contributed by atoms with E-state index in [9.17, 15) is 4.79 Å². The fourth-order valence-electron chi connectivity index (χ4n) is 1.76. The SMILES string of the molecule is O=C(NCc1cccs1)Nc1ccc(-n2ccnc2)nc1.